The van der Waals surface area contributed by atoms with Gasteiger partial charge in [0.05, 0.1) is 10.2 Å². The van der Waals surface area contributed by atoms with Gasteiger partial charge < -0.3 is 4.57 Å². The molecule has 3 amide bonds. The minimum absolute atomic E-state index is 0.171. The Morgan fingerprint density at radius 1 is 1.28 bits per heavy atom. The maximum atomic E-state index is 12.3. The molecule has 1 saturated heterocycles. The highest BCUT2D eigenvalue weighted by atomic mass is 32.1. The standard InChI is InChI=1S/C18H19N3O3S/c1-4-7-20-17-12(3)8-11(2)9-13(17)25-18(20)19-14(22)10-21-15(23)5-6-16(21)24/h4,8-9H,1,5-7,10H2,2-3H3. The van der Waals surface area contributed by atoms with E-state index in [9.17, 15) is 14.4 Å². The third-order valence-corrected chi connectivity index (χ3v) is 5.12. The molecule has 1 aromatic heterocycles. The number of fused-ring (bicyclic) bond motifs is 1. The fourth-order valence-corrected chi connectivity index (χ4v) is 4.28. The van der Waals surface area contributed by atoms with Crippen LogP contribution >= 0.6 is 11.3 Å². The number of allylic oxidation sites excluding steroid dienone is 1. The predicted molar refractivity (Wildman–Crippen MR) is 96.0 cm³/mol. The van der Waals surface area contributed by atoms with Gasteiger partial charge in [-0.2, -0.15) is 4.99 Å². The molecule has 1 aliphatic heterocycles. The SMILES string of the molecule is C=CCn1c(=NC(=O)CN2C(=O)CCC2=O)sc2cc(C)cc(C)c21. The van der Waals surface area contributed by atoms with Crippen LogP contribution in [0.15, 0.2) is 29.8 Å². The molecule has 0 aliphatic carbocycles. The van der Waals surface area contributed by atoms with E-state index in [0.717, 1.165) is 26.2 Å². The second-order valence-corrected chi connectivity index (χ2v) is 7.10. The van der Waals surface area contributed by atoms with Crippen LogP contribution < -0.4 is 4.80 Å². The summed E-state index contributed by atoms with van der Waals surface area (Å²) in [7, 11) is 0. The van der Waals surface area contributed by atoms with E-state index in [4.69, 9.17) is 0 Å². The number of aryl methyl sites for hydroxylation is 2. The molecule has 0 atom stereocenters. The Labute approximate surface area is 149 Å². The summed E-state index contributed by atoms with van der Waals surface area (Å²) in [6.07, 6.45) is 2.09. The number of amides is 3. The van der Waals surface area contributed by atoms with E-state index in [0.29, 0.717) is 11.3 Å². The van der Waals surface area contributed by atoms with Gasteiger partial charge in [0.2, 0.25) is 11.8 Å². The van der Waals surface area contributed by atoms with Crippen molar-refractivity contribution in [3.05, 3.63) is 40.7 Å². The highest BCUT2D eigenvalue weighted by molar-refractivity contribution is 7.16. The summed E-state index contributed by atoms with van der Waals surface area (Å²) in [6, 6.07) is 4.14. The Bertz CT molecular complexity index is 952. The second kappa shape index (κ2) is 6.76. The average Bonchev–Trinajstić information content (AvgIpc) is 3.02. The van der Waals surface area contributed by atoms with Crippen LogP contribution in [0.2, 0.25) is 0 Å². The molecule has 0 bridgehead atoms. The largest absolute Gasteiger partial charge is 0.312 e. The number of likely N-dealkylation sites (tertiary alicyclic amines) is 1. The first-order valence-corrected chi connectivity index (χ1v) is 8.84. The van der Waals surface area contributed by atoms with Crippen molar-refractivity contribution >= 4 is 39.3 Å². The first-order valence-electron chi connectivity index (χ1n) is 8.03. The summed E-state index contributed by atoms with van der Waals surface area (Å²) in [4.78, 5) is 41.3. The minimum atomic E-state index is -0.498. The number of thiazole rings is 1. The van der Waals surface area contributed by atoms with Crippen molar-refractivity contribution in [2.24, 2.45) is 4.99 Å². The number of hydrogen-bond donors (Lipinski definition) is 0. The number of carbonyl (C=O) groups excluding carboxylic acids is 3. The van der Waals surface area contributed by atoms with E-state index in [-0.39, 0.29) is 31.2 Å². The summed E-state index contributed by atoms with van der Waals surface area (Å²) in [5, 5.41) is 0. The van der Waals surface area contributed by atoms with Gasteiger partial charge in [0.1, 0.15) is 6.54 Å². The first kappa shape index (κ1) is 17.3. The summed E-state index contributed by atoms with van der Waals surface area (Å²) in [5.74, 6) is -1.12. The van der Waals surface area contributed by atoms with Gasteiger partial charge >= 0.3 is 0 Å². The molecule has 1 aliphatic rings. The monoisotopic (exact) mass is 357 g/mol. The first-order chi connectivity index (χ1) is 11.9. The lowest BCUT2D eigenvalue weighted by Gasteiger charge is -2.10. The molecule has 3 rings (SSSR count). The van der Waals surface area contributed by atoms with E-state index in [1.165, 1.54) is 11.3 Å². The van der Waals surface area contributed by atoms with Crippen molar-refractivity contribution in [3.63, 3.8) is 0 Å². The van der Waals surface area contributed by atoms with Gasteiger partial charge in [-0.1, -0.05) is 23.5 Å². The molecular weight excluding hydrogens is 338 g/mol. The van der Waals surface area contributed by atoms with Gasteiger partial charge in [0, 0.05) is 19.4 Å². The van der Waals surface area contributed by atoms with Crippen LogP contribution in [0.5, 0.6) is 0 Å². The third-order valence-electron chi connectivity index (χ3n) is 4.09. The van der Waals surface area contributed by atoms with Crippen LogP contribution in [0.1, 0.15) is 24.0 Å². The van der Waals surface area contributed by atoms with E-state index in [2.05, 4.69) is 23.7 Å². The molecule has 25 heavy (non-hydrogen) atoms. The zero-order valence-electron chi connectivity index (χ0n) is 14.2. The van der Waals surface area contributed by atoms with Crippen LogP contribution in [0.3, 0.4) is 0 Å². The smallest absolute Gasteiger partial charge is 0.268 e. The van der Waals surface area contributed by atoms with Gasteiger partial charge in [0.25, 0.3) is 5.91 Å². The number of benzene rings is 1. The van der Waals surface area contributed by atoms with Gasteiger partial charge in [-0.05, 0) is 31.0 Å². The summed E-state index contributed by atoms with van der Waals surface area (Å²) >= 11 is 1.42. The quantitative estimate of drug-likeness (QED) is 0.621. The lowest BCUT2D eigenvalue weighted by Crippen LogP contribution is -2.34. The topological polar surface area (TPSA) is 71.7 Å². The number of aromatic nitrogens is 1. The van der Waals surface area contributed by atoms with Crippen molar-refractivity contribution in [2.45, 2.75) is 33.2 Å². The number of nitrogens with zero attached hydrogens (tertiary/aromatic N) is 3. The summed E-state index contributed by atoms with van der Waals surface area (Å²) in [6.45, 7) is 8.05. The molecule has 1 fully saturated rings. The fourth-order valence-electron chi connectivity index (χ4n) is 3.05. The molecule has 0 spiro atoms. The zero-order chi connectivity index (χ0) is 18.1. The highest BCUT2D eigenvalue weighted by Crippen LogP contribution is 2.23. The Morgan fingerprint density at radius 2 is 1.96 bits per heavy atom. The van der Waals surface area contributed by atoms with Gasteiger partial charge in [-0.25, -0.2) is 0 Å². The maximum absolute atomic E-state index is 12.3. The fraction of sp³-hybridized carbons (Fsp3) is 0.333. The van der Waals surface area contributed by atoms with Crippen LogP contribution in [-0.2, 0) is 20.9 Å². The van der Waals surface area contributed by atoms with Gasteiger partial charge in [-0.15, -0.1) is 6.58 Å². The lowest BCUT2D eigenvalue weighted by atomic mass is 10.1. The summed E-state index contributed by atoms with van der Waals surface area (Å²) in [5.41, 5.74) is 3.27. The molecule has 0 unspecified atom stereocenters. The van der Waals surface area contributed by atoms with Crippen molar-refractivity contribution in [2.75, 3.05) is 6.54 Å². The molecule has 6 nitrogen and oxygen atoms in total. The van der Waals surface area contributed by atoms with Crippen LogP contribution in [0, 0.1) is 13.8 Å². The molecule has 0 radical (unpaired) electrons. The zero-order valence-corrected chi connectivity index (χ0v) is 15.1. The molecule has 2 heterocycles. The molecule has 1 aromatic carbocycles. The second-order valence-electron chi connectivity index (χ2n) is 6.09. The molecule has 0 saturated carbocycles. The van der Waals surface area contributed by atoms with Crippen LogP contribution in [-0.4, -0.2) is 33.7 Å². The van der Waals surface area contributed by atoms with Crippen LogP contribution in [0.25, 0.3) is 10.2 Å². The van der Waals surface area contributed by atoms with Gasteiger partial charge in [0.15, 0.2) is 4.80 Å². The van der Waals surface area contributed by atoms with E-state index in [1.54, 1.807) is 6.08 Å². The molecule has 130 valence electrons. The Balaban J connectivity index is 2.03. The lowest BCUT2D eigenvalue weighted by molar-refractivity contribution is -0.141. The molecule has 7 heteroatoms. The van der Waals surface area contributed by atoms with Crippen molar-refractivity contribution in [3.8, 4) is 0 Å². The van der Waals surface area contributed by atoms with E-state index in [1.807, 2.05) is 18.4 Å². The molecule has 0 N–H and O–H groups in total. The highest BCUT2D eigenvalue weighted by Gasteiger charge is 2.30. The third kappa shape index (κ3) is 3.32. The number of carbonyl (C=O) groups is 3. The Hall–Kier alpha value is -2.54. The summed E-state index contributed by atoms with van der Waals surface area (Å²) < 4.78 is 2.98. The van der Waals surface area contributed by atoms with Crippen molar-refractivity contribution in [1.82, 2.24) is 9.47 Å². The average molecular weight is 357 g/mol. The van der Waals surface area contributed by atoms with Gasteiger partial charge in [-0.3, -0.25) is 19.3 Å². The molecular formula is C18H19N3O3S. The maximum Gasteiger partial charge on any atom is 0.268 e. The van der Waals surface area contributed by atoms with E-state index < -0.39 is 5.91 Å². The van der Waals surface area contributed by atoms with Crippen LogP contribution in [0.4, 0.5) is 0 Å². The normalized spacial score (nSPS) is 15.4. The minimum Gasteiger partial charge on any atom is -0.312 e. The number of rotatable bonds is 4. The number of hydrogen-bond acceptors (Lipinski definition) is 4. The molecule has 2 aromatic rings. The van der Waals surface area contributed by atoms with Crippen molar-refractivity contribution in [1.29, 1.82) is 0 Å². The Morgan fingerprint density at radius 3 is 2.60 bits per heavy atom. The van der Waals surface area contributed by atoms with E-state index >= 15 is 0 Å². The number of imide groups is 1. The van der Waals surface area contributed by atoms with Crippen molar-refractivity contribution < 1.29 is 14.4 Å². The Kier molecular flexibility index (Phi) is 4.67. The predicted octanol–water partition coefficient (Wildman–Crippen LogP) is 2.08.